The Kier molecular flexibility index (Phi) is 5.99. The summed E-state index contributed by atoms with van der Waals surface area (Å²) in [5, 5.41) is 6.88. The van der Waals surface area contributed by atoms with Crippen LogP contribution in [0.15, 0.2) is 0 Å². The van der Waals surface area contributed by atoms with Gasteiger partial charge >= 0.3 is 0 Å². The van der Waals surface area contributed by atoms with Crippen molar-refractivity contribution < 1.29 is 4.79 Å². The average Bonchev–Trinajstić information content (AvgIpc) is 2.86. The number of amides is 1. The molecule has 0 unspecified atom stereocenters. The van der Waals surface area contributed by atoms with Crippen molar-refractivity contribution in [2.24, 2.45) is 5.92 Å². The Balaban J connectivity index is 1.71. The standard InChI is InChI=1S/C15H26N4OS/c1-11-5-9-19(10-6-11)8-4-7-17-14(20)13-12(2)18-21-15(13)16-3/h11,16H,4-10H2,1-3H3,(H,17,20). The maximum atomic E-state index is 12.2. The van der Waals surface area contributed by atoms with Crippen molar-refractivity contribution in [2.75, 3.05) is 38.5 Å². The molecule has 1 fully saturated rings. The minimum atomic E-state index is -0.0159. The Morgan fingerprint density at radius 1 is 1.43 bits per heavy atom. The van der Waals surface area contributed by atoms with Gasteiger partial charge in [-0.3, -0.25) is 4.79 Å². The molecule has 5 nitrogen and oxygen atoms in total. The second-order valence-electron chi connectivity index (χ2n) is 5.86. The Labute approximate surface area is 131 Å². The summed E-state index contributed by atoms with van der Waals surface area (Å²) in [4.78, 5) is 14.7. The van der Waals surface area contributed by atoms with Crippen LogP contribution in [0.25, 0.3) is 0 Å². The molecule has 0 atom stereocenters. The number of carbonyl (C=O) groups is 1. The van der Waals surface area contributed by atoms with Crippen molar-refractivity contribution in [1.82, 2.24) is 14.6 Å². The van der Waals surface area contributed by atoms with Gasteiger partial charge in [-0.05, 0) is 63.3 Å². The lowest BCUT2D eigenvalue weighted by Gasteiger charge is -2.30. The van der Waals surface area contributed by atoms with Crippen molar-refractivity contribution in [1.29, 1.82) is 0 Å². The Morgan fingerprint density at radius 3 is 2.81 bits per heavy atom. The number of nitrogens with one attached hydrogen (secondary N) is 2. The molecule has 1 aliphatic heterocycles. The van der Waals surface area contributed by atoms with Crippen LogP contribution in [0.2, 0.25) is 0 Å². The number of nitrogens with zero attached hydrogens (tertiary/aromatic N) is 2. The van der Waals surface area contributed by atoms with E-state index in [1.807, 2.05) is 14.0 Å². The molecular formula is C15H26N4OS. The van der Waals surface area contributed by atoms with E-state index in [0.717, 1.165) is 36.1 Å². The first kappa shape index (κ1) is 16.2. The largest absolute Gasteiger partial charge is 0.378 e. The van der Waals surface area contributed by atoms with Gasteiger partial charge in [0.1, 0.15) is 5.00 Å². The normalized spacial score (nSPS) is 16.9. The third-order valence-electron chi connectivity index (χ3n) is 4.13. The first-order valence-electron chi connectivity index (χ1n) is 7.76. The number of aromatic nitrogens is 1. The molecule has 2 rings (SSSR count). The number of piperidine rings is 1. The van der Waals surface area contributed by atoms with Crippen LogP contribution in [-0.2, 0) is 0 Å². The highest BCUT2D eigenvalue weighted by Gasteiger charge is 2.18. The Bertz CT molecular complexity index is 466. The Morgan fingerprint density at radius 2 is 2.14 bits per heavy atom. The van der Waals surface area contributed by atoms with Crippen molar-refractivity contribution in [3.05, 3.63) is 11.3 Å². The van der Waals surface area contributed by atoms with Crippen LogP contribution in [0.5, 0.6) is 0 Å². The monoisotopic (exact) mass is 310 g/mol. The van der Waals surface area contributed by atoms with Gasteiger partial charge in [0, 0.05) is 13.6 Å². The smallest absolute Gasteiger partial charge is 0.256 e. The fourth-order valence-corrected chi connectivity index (χ4v) is 3.43. The molecule has 1 saturated heterocycles. The molecule has 0 radical (unpaired) electrons. The van der Waals surface area contributed by atoms with E-state index in [2.05, 4.69) is 26.8 Å². The van der Waals surface area contributed by atoms with E-state index in [0.29, 0.717) is 5.56 Å². The van der Waals surface area contributed by atoms with Crippen molar-refractivity contribution >= 4 is 22.4 Å². The molecule has 118 valence electrons. The lowest BCUT2D eigenvalue weighted by Crippen LogP contribution is -2.35. The van der Waals surface area contributed by atoms with Crippen molar-refractivity contribution in [2.45, 2.75) is 33.1 Å². The second-order valence-corrected chi connectivity index (χ2v) is 6.63. The molecule has 0 saturated carbocycles. The molecule has 1 amide bonds. The van der Waals surface area contributed by atoms with Gasteiger partial charge in [-0.2, -0.15) is 4.37 Å². The summed E-state index contributed by atoms with van der Waals surface area (Å²) in [5.41, 5.74) is 1.49. The molecule has 1 aromatic rings. The van der Waals surface area contributed by atoms with E-state index in [1.165, 1.54) is 37.5 Å². The summed E-state index contributed by atoms with van der Waals surface area (Å²) in [6, 6.07) is 0. The minimum absolute atomic E-state index is 0.0159. The SMILES string of the molecule is CNc1snc(C)c1C(=O)NCCCN1CCC(C)CC1. The minimum Gasteiger partial charge on any atom is -0.378 e. The third-order valence-corrected chi connectivity index (χ3v) is 5.09. The molecular weight excluding hydrogens is 284 g/mol. The van der Waals surface area contributed by atoms with Crippen molar-refractivity contribution in [3.8, 4) is 0 Å². The number of aryl methyl sites for hydroxylation is 1. The molecule has 1 aliphatic rings. The van der Waals surface area contributed by atoms with Crippen LogP contribution in [0, 0.1) is 12.8 Å². The molecule has 21 heavy (non-hydrogen) atoms. The zero-order valence-corrected chi connectivity index (χ0v) is 14.1. The van der Waals surface area contributed by atoms with Crippen molar-refractivity contribution in [3.63, 3.8) is 0 Å². The van der Waals surface area contributed by atoms with E-state index < -0.39 is 0 Å². The zero-order chi connectivity index (χ0) is 15.2. The first-order chi connectivity index (χ1) is 10.1. The fraction of sp³-hybridized carbons (Fsp3) is 0.733. The lowest BCUT2D eigenvalue weighted by molar-refractivity contribution is 0.0951. The van der Waals surface area contributed by atoms with Crippen LogP contribution in [-0.4, -0.2) is 48.4 Å². The predicted octanol–water partition coefficient (Wildman–Crippen LogP) is 2.35. The van der Waals surface area contributed by atoms with Gasteiger partial charge in [-0.25, -0.2) is 0 Å². The third kappa shape index (κ3) is 4.41. The van der Waals surface area contributed by atoms with E-state index in [9.17, 15) is 4.79 Å². The molecule has 6 heteroatoms. The molecule has 0 aliphatic carbocycles. The zero-order valence-electron chi connectivity index (χ0n) is 13.2. The van der Waals surface area contributed by atoms with E-state index in [-0.39, 0.29) is 5.91 Å². The molecule has 0 bridgehead atoms. The van der Waals surface area contributed by atoms with E-state index >= 15 is 0 Å². The molecule has 0 spiro atoms. The van der Waals surface area contributed by atoms with Gasteiger partial charge in [0.25, 0.3) is 5.91 Å². The number of hydrogen-bond acceptors (Lipinski definition) is 5. The summed E-state index contributed by atoms with van der Waals surface area (Å²) < 4.78 is 4.23. The molecule has 2 N–H and O–H groups in total. The number of hydrogen-bond donors (Lipinski definition) is 2. The highest BCUT2D eigenvalue weighted by molar-refractivity contribution is 7.10. The summed E-state index contributed by atoms with van der Waals surface area (Å²) in [6.07, 6.45) is 3.61. The topological polar surface area (TPSA) is 57.3 Å². The average molecular weight is 310 g/mol. The van der Waals surface area contributed by atoms with Crippen LogP contribution >= 0.6 is 11.5 Å². The summed E-state index contributed by atoms with van der Waals surface area (Å²) >= 11 is 1.34. The summed E-state index contributed by atoms with van der Waals surface area (Å²) in [6.45, 7) is 8.41. The fourth-order valence-electron chi connectivity index (χ4n) is 2.69. The molecule has 2 heterocycles. The van der Waals surface area contributed by atoms with Gasteiger partial charge < -0.3 is 15.5 Å². The van der Waals surface area contributed by atoms with Gasteiger partial charge in [0.05, 0.1) is 11.3 Å². The van der Waals surface area contributed by atoms with Gasteiger partial charge in [-0.15, -0.1) is 0 Å². The first-order valence-corrected chi connectivity index (χ1v) is 8.53. The van der Waals surface area contributed by atoms with Crippen LogP contribution in [0.1, 0.15) is 42.2 Å². The lowest BCUT2D eigenvalue weighted by atomic mass is 9.99. The van der Waals surface area contributed by atoms with Gasteiger partial charge in [-0.1, -0.05) is 6.92 Å². The maximum absolute atomic E-state index is 12.2. The number of carbonyl (C=O) groups excluding carboxylic acids is 1. The van der Waals surface area contributed by atoms with Crippen LogP contribution < -0.4 is 10.6 Å². The van der Waals surface area contributed by atoms with E-state index in [1.54, 1.807) is 0 Å². The van der Waals surface area contributed by atoms with E-state index in [4.69, 9.17) is 0 Å². The van der Waals surface area contributed by atoms with Crippen LogP contribution in [0.3, 0.4) is 0 Å². The highest BCUT2D eigenvalue weighted by atomic mass is 32.1. The predicted molar refractivity (Wildman–Crippen MR) is 88.2 cm³/mol. The number of likely N-dealkylation sites (tertiary alicyclic amines) is 1. The van der Waals surface area contributed by atoms with Gasteiger partial charge in [0.15, 0.2) is 0 Å². The number of rotatable bonds is 6. The molecule has 1 aromatic heterocycles. The maximum Gasteiger partial charge on any atom is 0.256 e. The second kappa shape index (κ2) is 7.75. The highest BCUT2D eigenvalue weighted by Crippen LogP contribution is 2.23. The van der Waals surface area contributed by atoms with Gasteiger partial charge in [0.2, 0.25) is 0 Å². The quantitative estimate of drug-likeness (QED) is 0.792. The molecule has 0 aromatic carbocycles. The summed E-state index contributed by atoms with van der Waals surface area (Å²) in [7, 11) is 1.82. The number of anilines is 1. The summed E-state index contributed by atoms with van der Waals surface area (Å²) in [5.74, 6) is 0.854. The Hall–Kier alpha value is -1.14. The van der Waals surface area contributed by atoms with Crippen LogP contribution in [0.4, 0.5) is 5.00 Å².